The minimum atomic E-state index is -0.0566. The van der Waals surface area contributed by atoms with Crippen LogP contribution in [0.2, 0.25) is 0 Å². The summed E-state index contributed by atoms with van der Waals surface area (Å²) < 4.78 is 1.04. The van der Waals surface area contributed by atoms with Crippen molar-refractivity contribution in [1.82, 2.24) is 10.3 Å². The number of nitrogens with two attached hydrogens (primary N) is 1. The molecule has 112 valence electrons. The fourth-order valence-corrected chi connectivity index (χ4v) is 4.17. The van der Waals surface area contributed by atoms with Gasteiger partial charge in [-0.3, -0.25) is 9.78 Å². The molecule has 0 aromatic carbocycles. The quantitative estimate of drug-likeness (QED) is 0.913. The zero-order valence-corrected chi connectivity index (χ0v) is 13.6. The van der Waals surface area contributed by atoms with Crippen LogP contribution in [0, 0.1) is 19.3 Å². The number of thiophene rings is 1. The number of rotatable bonds is 3. The predicted molar refractivity (Wildman–Crippen MR) is 87.8 cm³/mol. The first-order chi connectivity index (χ1) is 9.89. The second kappa shape index (κ2) is 4.98. The lowest BCUT2D eigenvalue weighted by Gasteiger charge is -2.38. The third-order valence-electron chi connectivity index (χ3n) is 4.46. The molecule has 2 heterocycles. The van der Waals surface area contributed by atoms with Crippen molar-refractivity contribution >= 4 is 33.0 Å². The third-order valence-corrected chi connectivity index (χ3v) is 5.61. The smallest absolute Gasteiger partial charge is 0.263 e. The highest BCUT2D eigenvalue weighted by Crippen LogP contribution is 2.40. The summed E-state index contributed by atoms with van der Waals surface area (Å²) in [6.07, 6.45) is 3.65. The van der Waals surface area contributed by atoms with E-state index in [0.717, 1.165) is 28.0 Å². The molecule has 0 atom stereocenters. The Labute approximate surface area is 128 Å². The van der Waals surface area contributed by atoms with Crippen LogP contribution in [0.1, 0.15) is 47.2 Å². The first-order valence-corrected chi connectivity index (χ1v) is 8.16. The van der Waals surface area contributed by atoms with E-state index in [1.807, 2.05) is 19.9 Å². The summed E-state index contributed by atoms with van der Waals surface area (Å²) in [6.45, 7) is 6.85. The molecule has 5 heteroatoms. The van der Waals surface area contributed by atoms with Gasteiger partial charge in [-0.05, 0) is 38.2 Å². The molecule has 1 aliphatic carbocycles. The van der Waals surface area contributed by atoms with Crippen molar-refractivity contribution in [3.63, 3.8) is 0 Å². The van der Waals surface area contributed by atoms with Crippen LogP contribution in [0.25, 0.3) is 10.1 Å². The number of anilines is 1. The summed E-state index contributed by atoms with van der Waals surface area (Å²) in [5.74, 6) is -0.0566. The number of amides is 1. The van der Waals surface area contributed by atoms with Gasteiger partial charge in [0.25, 0.3) is 5.91 Å². The van der Waals surface area contributed by atoms with E-state index >= 15 is 0 Å². The van der Waals surface area contributed by atoms with Gasteiger partial charge in [0, 0.05) is 28.0 Å². The van der Waals surface area contributed by atoms with Gasteiger partial charge in [-0.2, -0.15) is 0 Å². The SMILES string of the molecule is Cc1cc2sc(C(=O)NCC3(C)CCC3)c(N)c2c(C)n1. The lowest BCUT2D eigenvalue weighted by Crippen LogP contribution is -2.39. The van der Waals surface area contributed by atoms with Gasteiger partial charge < -0.3 is 11.1 Å². The molecule has 1 saturated carbocycles. The molecule has 0 unspecified atom stereocenters. The highest BCUT2D eigenvalue weighted by atomic mass is 32.1. The average Bonchev–Trinajstić information content (AvgIpc) is 2.71. The van der Waals surface area contributed by atoms with Gasteiger partial charge in [0.2, 0.25) is 0 Å². The Morgan fingerprint density at radius 2 is 2.19 bits per heavy atom. The lowest BCUT2D eigenvalue weighted by molar-refractivity contribution is 0.0895. The van der Waals surface area contributed by atoms with Crippen molar-refractivity contribution < 1.29 is 4.79 Å². The fraction of sp³-hybridized carbons (Fsp3) is 0.500. The van der Waals surface area contributed by atoms with E-state index in [-0.39, 0.29) is 11.3 Å². The normalized spacial score (nSPS) is 16.7. The molecule has 1 fully saturated rings. The van der Waals surface area contributed by atoms with Gasteiger partial charge >= 0.3 is 0 Å². The van der Waals surface area contributed by atoms with Gasteiger partial charge in [0.05, 0.1) is 5.69 Å². The van der Waals surface area contributed by atoms with Gasteiger partial charge in [-0.1, -0.05) is 13.3 Å². The van der Waals surface area contributed by atoms with Crippen molar-refractivity contribution in [2.45, 2.75) is 40.0 Å². The Balaban J connectivity index is 1.88. The Morgan fingerprint density at radius 3 is 2.81 bits per heavy atom. The molecule has 0 spiro atoms. The fourth-order valence-electron chi connectivity index (χ4n) is 2.98. The summed E-state index contributed by atoms with van der Waals surface area (Å²) in [5, 5.41) is 3.97. The summed E-state index contributed by atoms with van der Waals surface area (Å²) in [4.78, 5) is 17.5. The zero-order valence-electron chi connectivity index (χ0n) is 12.7. The maximum atomic E-state index is 12.4. The molecule has 1 aliphatic rings. The number of hydrogen-bond acceptors (Lipinski definition) is 4. The van der Waals surface area contributed by atoms with Crippen LogP contribution in [0.4, 0.5) is 5.69 Å². The Hall–Kier alpha value is -1.62. The Kier molecular flexibility index (Phi) is 3.40. The summed E-state index contributed by atoms with van der Waals surface area (Å²) in [5.41, 5.74) is 8.87. The molecular weight excluding hydrogens is 282 g/mol. The zero-order chi connectivity index (χ0) is 15.2. The second-order valence-electron chi connectivity index (χ2n) is 6.41. The predicted octanol–water partition coefficient (Wildman–Crippen LogP) is 3.42. The number of carbonyl (C=O) groups excluding carboxylic acids is 1. The molecular formula is C16H21N3OS. The van der Waals surface area contributed by atoms with E-state index < -0.39 is 0 Å². The maximum Gasteiger partial charge on any atom is 0.263 e. The summed E-state index contributed by atoms with van der Waals surface area (Å²) in [7, 11) is 0. The highest BCUT2D eigenvalue weighted by molar-refractivity contribution is 7.21. The first kappa shape index (κ1) is 14.3. The van der Waals surface area contributed by atoms with Crippen LogP contribution in [0.15, 0.2) is 6.07 Å². The van der Waals surface area contributed by atoms with E-state index in [1.165, 1.54) is 30.6 Å². The number of hydrogen-bond donors (Lipinski definition) is 2. The number of aryl methyl sites for hydroxylation is 2. The molecule has 3 rings (SSSR count). The Morgan fingerprint density at radius 1 is 1.48 bits per heavy atom. The van der Waals surface area contributed by atoms with Crippen LogP contribution in [0.3, 0.4) is 0 Å². The van der Waals surface area contributed by atoms with E-state index in [2.05, 4.69) is 17.2 Å². The molecule has 1 amide bonds. The standard InChI is InChI=1S/C16H21N3OS/c1-9-7-11-12(10(2)19-9)13(17)14(21-11)15(20)18-8-16(3)5-4-6-16/h7H,4-6,8,17H2,1-3H3,(H,18,20). The minimum Gasteiger partial charge on any atom is -0.397 e. The van der Waals surface area contributed by atoms with Crippen molar-refractivity contribution in [2.75, 3.05) is 12.3 Å². The molecule has 0 bridgehead atoms. The maximum absolute atomic E-state index is 12.4. The lowest BCUT2D eigenvalue weighted by atomic mass is 9.70. The molecule has 2 aromatic heterocycles. The molecule has 21 heavy (non-hydrogen) atoms. The average molecular weight is 303 g/mol. The first-order valence-electron chi connectivity index (χ1n) is 7.34. The minimum absolute atomic E-state index is 0.0566. The number of nitrogens with zero attached hydrogens (tertiary/aromatic N) is 1. The van der Waals surface area contributed by atoms with Gasteiger partial charge in [-0.25, -0.2) is 0 Å². The number of aromatic nitrogens is 1. The van der Waals surface area contributed by atoms with Gasteiger partial charge in [0.1, 0.15) is 4.88 Å². The van der Waals surface area contributed by atoms with Crippen LogP contribution in [-0.2, 0) is 0 Å². The van der Waals surface area contributed by atoms with E-state index in [1.54, 1.807) is 0 Å². The number of fused-ring (bicyclic) bond motifs is 1. The second-order valence-corrected chi connectivity index (χ2v) is 7.47. The largest absolute Gasteiger partial charge is 0.397 e. The molecule has 4 nitrogen and oxygen atoms in total. The number of nitrogens with one attached hydrogen (secondary N) is 1. The van der Waals surface area contributed by atoms with Crippen LogP contribution in [-0.4, -0.2) is 17.4 Å². The van der Waals surface area contributed by atoms with Crippen molar-refractivity contribution in [3.8, 4) is 0 Å². The number of carbonyl (C=O) groups is 1. The highest BCUT2D eigenvalue weighted by Gasteiger charge is 2.32. The summed E-state index contributed by atoms with van der Waals surface area (Å²) in [6, 6.07) is 1.99. The Bertz CT molecular complexity index is 716. The van der Waals surface area contributed by atoms with E-state index in [9.17, 15) is 4.79 Å². The number of nitrogen functional groups attached to an aromatic ring is 1. The van der Waals surface area contributed by atoms with Crippen LogP contribution < -0.4 is 11.1 Å². The third kappa shape index (κ3) is 2.50. The van der Waals surface area contributed by atoms with Crippen molar-refractivity contribution in [3.05, 3.63) is 22.3 Å². The van der Waals surface area contributed by atoms with Crippen LogP contribution in [0.5, 0.6) is 0 Å². The monoisotopic (exact) mass is 303 g/mol. The molecule has 2 aromatic rings. The molecule has 3 N–H and O–H groups in total. The molecule has 0 saturated heterocycles. The van der Waals surface area contributed by atoms with Crippen molar-refractivity contribution in [1.29, 1.82) is 0 Å². The topological polar surface area (TPSA) is 68.0 Å². The molecule has 0 aliphatic heterocycles. The van der Waals surface area contributed by atoms with Gasteiger partial charge in [-0.15, -0.1) is 11.3 Å². The summed E-state index contributed by atoms with van der Waals surface area (Å²) >= 11 is 1.46. The van der Waals surface area contributed by atoms with Crippen LogP contribution >= 0.6 is 11.3 Å². The van der Waals surface area contributed by atoms with E-state index in [0.29, 0.717) is 10.6 Å². The van der Waals surface area contributed by atoms with E-state index in [4.69, 9.17) is 5.73 Å². The van der Waals surface area contributed by atoms with Crippen molar-refractivity contribution in [2.24, 2.45) is 5.41 Å². The number of pyridine rings is 1. The molecule has 0 radical (unpaired) electrons. The van der Waals surface area contributed by atoms with Gasteiger partial charge in [0.15, 0.2) is 0 Å².